The Bertz CT molecular complexity index is 1600. The molecular formula is C30H31Cl3F3N3O4S. The molecule has 0 saturated carbocycles. The number of anilines is 1. The molecule has 0 unspecified atom stereocenters. The van der Waals surface area contributed by atoms with E-state index in [0.717, 1.165) is 29.0 Å². The molecule has 1 atom stereocenters. The number of aryl methyl sites for hydroxylation is 1. The number of hydrogen-bond acceptors (Lipinski definition) is 4. The Hall–Kier alpha value is -2.99. The first-order chi connectivity index (χ1) is 20.6. The summed E-state index contributed by atoms with van der Waals surface area (Å²) in [5.74, 6) is -1.35. The van der Waals surface area contributed by atoms with Gasteiger partial charge in [0.05, 0.1) is 31.2 Å². The van der Waals surface area contributed by atoms with Gasteiger partial charge in [-0.05, 0) is 68.3 Å². The molecule has 1 N–H and O–H groups in total. The fourth-order valence-corrected chi connectivity index (χ4v) is 6.16. The Morgan fingerprint density at radius 3 is 2.16 bits per heavy atom. The summed E-state index contributed by atoms with van der Waals surface area (Å²) in [4.78, 5) is 27.9. The van der Waals surface area contributed by atoms with Gasteiger partial charge in [-0.3, -0.25) is 13.9 Å². The molecule has 3 aromatic rings. The van der Waals surface area contributed by atoms with Gasteiger partial charge in [0.25, 0.3) is 10.0 Å². The van der Waals surface area contributed by atoms with Crippen LogP contribution in [0.25, 0.3) is 0 Å². The molecule has 44 heavy (non-hydrogen) atoms. The fourth-order valence-electron chi connectivity index (χ4n) is 4.21. The third kappa shape index (κ3) is 8.80. The van der Waals surface area contributed by atoms with Crippen molar-refractivity contribution in [3.8, 4) is 0 Å². The molecular weight excluding hydrogens is 662 g/mol. The number of nitrogens with zero attached hydrogens (tertiary/aromatic N) is 2. The molecule has 0 heterocycles. The zero-order valence-corrected chi connectivity index (χ0v) is 27.2. The number of halogens is 6. The molecule has 0 bridgehead atoms. The maximum atomic E-state index is 14.0. The SMILES string of the molecule is CCCCNC(=O)[C@H](C)N(Cc1ccc(Cl)c(Cl)c1)C(=O)CN(c1ccc(Cl)c(C(F)(F)F)c1)S(=O)(=O)c1ccc(C)cc1. The number of nitrogens with one attached hydrogen (secondary N) is 1. The van der Waals surface area contributed by atoms with Crippen molar-refractivity contribution in [3.63, 3.8) is 0 Å². The third-order valence-electron chi connectivity index (χ3n) is 6.76. The number of benzene rings is 3. The van der Waals surface area contributed by atoms with Gasteiger partial charge in [0.15, 0.2) is 0 Å². The normalized spacial score (nSPS) is 12.5. The Morgan fingerprint density at radius 1 is 0.932 bits per heavy atom. The number of carbonyl (C=O) groups excluding carboxylic acids is 2. The van der Waals surface area contributed by atoms with Gasteiger partial charge < -0.3 is 10.2 Å². The van der Waals surface area contributed by atoms with E-state index in [0.29, 0.717) is 28.9 Å². The highest BCUT2D eigenvalue weighted by molar-refractivity contribution is 7.92. The summed E-state index contributed by atoms with van der Waals surface area (Å²) in [7, 11) is -4.59. The van der Waals surface area contributed by atoms with Gasteiger partial charge in [-0.1, -0.05) is 71.9 Å². The number of alkyl halides is 3. The molecule has 7 nitrogen and oxygen atoms in total. The van der Waals surface area contributed by atoms with Crippen LogP contribution in [0.5, 0.6) is 0 Å². The lowest BCUT2D eigenvalue weighted by Crippen LogP contribution is -2.51. The Kier molecular flexibility index (Phi) is 12.0. The predicted molar refractivity (Wildman–Crippen MR) is 167 cm³/mol. The first kappa shape index (κ1) is 35.5. The van der Waals surface area contributed by atoms with Crippen LogP contribution in [0.15, 0.2) is 65.6 Å². The molecule has 0 aliphatic heterocycles. The van der Waals surface area contributed by atoms with Crippen LogP contribution in [0.3, 0.4) is 0 Å². The highest BCUT2D eigenvalue weighted by Gasteiger charge is 2.37. The molecule has 238 valence electrons. The molecule has 0 saturated heterocycles. The average Bonchev–Trinajstić information content (AvgIpc) is 2.96. The van der Waals surface area contributed by atoms with Gasteiger partial charge in [0.2, 0.25) is 11.8 Å². The van der Waals surface area contributed by atoms with Crippen molar-refractivity contribution in [1.29, 1.82) is 0 Å². The average molecular weight is 693 g/mol. The number of amides is 2. The maximum Gasteiger partial charge on any atom is 0.417 e. The van der Waals surface area contributed by atoms with Crippen LogP contribution in [-0.4, -0.2) is 44.3 Å². The Balaban J connectivity index is 2.11. The second-order valence-electron chi connectivity index (χ2n) is 10.1. The largest absolute Gasteiger partial charge is 0.417 e. The molecule has 0 aliphatic carbocycles. The van der Waals surface area contributed by atoms with Crippen molar-refractivity contribution in [3.05, 3.63) is 92.4 Å². The van der Waals surface area contributed by atoms with Gasteiger partial charge in [0.1, 0.15) is 12.6 Å². The highest BCUT2D eigenvalue weighted by atomic mass is 35.5. The first-order valence-corrected chi connectivity index (χ1v) is 16.1. The minimum absolute atomic E-state index is 0.176. The van der Waals surface area contributed by atoms with Crippen LogP contribution in [0, 0.1) is 6.92 Å². The zero-order chi connectivity index (χ0) is 32.8. The van der Waals surface area contributed by atoms with Crippen molar-refractivity contribution < 1.29 is 31.2 Å². The lowest BCUT2D eigenvalue weighted by atomic mass is 10.1. The minimum Gasteiger partial charge on any atom is -0.354 e. The van der Waals surface area contributed by atoms with Gasteiger partial charge in [-0.15, -0.1) is 0 Å². The quantitative estimate of drug-likeness (QED) is 0.199. The second kappa shape index (κ2) is 14.9. The number of unbranched alkanes of at least 4 members (excludes halogenated alkanes) is 1. The maximum absolute atomic E-state index is 14.0. The standard InChI is InChI=1S/C30H31Cl3F3N3O4S/c1-4-5-14-37-29(41)20(3)38(17-21-8-12-26(32)27(33)15-21)28(40)18-39(44(42,43)23-10-6-19(2)7-11-23)22-9-13-25(31)24(16-22)30(34,35)36/h6-13,15-16,20H,4-5,14,17-18H2,1-3H3,(H,37,41)/t20-/m0/s1. The van der Waals surface area contributed by atoms with Crippen molar-refractivity contribution in [2.45, 2.75) is 57.3 Å². The topological polar surface area (TPSA) is 86.8 Å². The van der Waals surface area contributed by atoms with Crippen molar-refractivity contribution >= 4 is 62.3 Å². The van der Waals surface area contributed by atoms with Crippen LogP contribution >= 0.6 is 34.8 Å². The molecule has 0 aliphatic rings. The Labute approximate surface area is 269 Å². The smallest absolute Gasteiger partial charge is 0.354 e. The van der Waals surface area contributed by atoms with Gasteiger partial charge in [-0.25, -0.2) is 8.42 Å². The second-order valence-corrected chi connectivity index (χ2v) is 13.2. The van der Waals surface area contributed by atoms with E-state index in [9.17, 15) is 31.2 Å². The van der Waals surface area contributed by atoms with Gasteiger partial charge in [-0.2, -0.15) is 13.2 Å². The third-order valence-corrected chi connectivity index (χ3v) is 9.62. The monoisotopic (exact) mass is 691 g/mol. The van der Waals surface area contributed by atoms with E-state index in [1.54, 1.807) is 13.0 Å². The minimum atomic E-state index is -4.90. The summed E-state index contributed by atoms with van der Waals surface area (Å²) in [5, 5.41) is 2.57. The molecule has 3 aromatic carbocycles. The molecule has 0 radical (unpaired) electrons. The predicted octanol–water partition coefficient (Wildman–Crippen LogP) is 7.50. The summed E-state index contributed by atoms with van der Waals surface area (Å²) >= 11 is 18.0. The molecule has 0 fully saturated rings. The zero-order valence-electron chi connectivity index (χ0n) is 24.1. The van der Waals surface area contributed by atoms with E-state index in [-0.39, 0.29) is 21.5 Å². The molecule has 3 rings (SSSR count). The lowest BCUT2D eigenvalue weighted by molar-refractivity contribution is -0.139. The van der Waals surface area contributed by atoms with Crippen molar-refractivity contribution in [2.24, 2.45) is 0 Å². The molecule has 14 heteroatoms. The van der Waals surface area contributed by atoms with Crippen LogP contribution < -0.4 is 9.62 Å². The highest BCUT2D eigenvalue weighted by Crippen LogP contribution is 2.38. The van der Waals surface area contributed by atoms with Gasteiger partial charge >= 0.3 is 6.18 Å². The van der Waals surface area contributed by atoms with E-state index in [1.165, 1.54) is 43.3 Å². The number of rotatable bonds is 12. The summed E-state index contributed by atoms with van der Waals surface area (Å²) < 4.78 is 69.7. The van der Waals surface area contributed by atoms with Crippen LogP contribution in [0.2, 0.25) is 15.1 Å². The van der Waals surface area contributed by atoms with E-state index < -0.39 is 56.9 Å². The fraction of sp³-hybridized carbons (Fsp3) is 0.333. The molecule has 0 spiro atoms. The first-order valence-electron chi connectivity index (χ1n) is 13.5. The van der Waals surface area contributed by atoms with Crippen LogP contribution in [-0.2, 0) is 32.3 Å². The summed E-state index contributed by atoms with van der Waals surface area (Å²) in [6, 6.07) is 11.7. The van der Waals surface area contributed by atoms with Crippen LogP contribution in [0.4, 0.5) is 18.9 Å². The summed E-state index contributed by atoms with van der Waals surface area (Å²) in [5.41, 5.74) is -0.484. The van der Waals surface area contributed by atoms with Crippen molar-refractivity contribution in [2.75, 3.05) is 17.4 Å². The van der Waals surface area contributed by atoms with Gasteiger partial charge in [0, 0.05) is 13.1 Å². The van der Waals surface area contributed by atoms with Crippen molar-refractivity contribution in [1.82, 2.24) is 10.2 Å². The lowest BCUT2D eigenvalue weighted by Gasteiger charge is -2.32. The Morgan fingerprint density at radius 2 is 1.57 bits per heavy atom. The van der Waals surface area contributed by atoms with E-state index >= 15 is 0 Å². The molecule has 2 amide bonds. The summed E-state index contributed by atoms with van der Waals surface area (Å²) in [6.07, 6.45) is -3.39. The van der Waals surface area contributed by atoms with E-state index in [4.69, 9.17) is 34.8 Å². The summed E-state index contributed by atoms with van der Waals surface area (Å²) in [6.45, 7) is 4.40. The van der Waals surface area contributed by atoms with E-state index in [2.05, 4.69) is 5.32 Å². The number of sulfonamides is 1. The number of carbonyl (C=O) groups is 2. The number of hydrogen-bond donors (Lipinski definition) is 1. The van der Waals surface area contributed by atoms with E-state index in [1.807, 2.05) is 6.92 Å². The molecule has 0 aromatic heterocycles. The van der Waals surface area contributed by atoms with Crippen LogP contribution in [0.1, 0.15) is 43.4 Å².